The Labute approximate surface area is 190 Å². The van der Waals surface area contributed by atoms with Gasteiger partial charge < -0.3 is 15.1 Å². The van der Waals surface area contributed by atoms with E-state index in [9.17, 15) is 9.59 Å². The van der Waals surface area contributed by atoms with Crippen molar-refractivity contribution in [1.82, 2.24) is 5.32 Å². The van der Waals surface area contributed by atoms with Crippen LogP contribution in [0.15, 0.2) is 65.1 Å². The van der Waals surface area contributed by atoms with Crippen LogP contribution < -0.4 is 16.0 Å². The molecule has 1 heterocycles. The number of aryl methyl sites for hydroxylation is 1. The van der Waals surface area contributed by atoms with E-state index in [1.54, 1.807) is 36.4 Å². The molecular weight excluding hydrogens is 434 g/mol. The number of amides is 2. The van der Waals surface area contributed by atoms with Crippen molar-refractivity contribution < 1.29 is 14.0 Å². The average Bonchev–Trinajstić information content (AvgIpc) is 3.18. The van der Waals surface area contributed by atoms with Gasteiger partial charge >= 0.3 is 0 Å². The van der Waals surface area contributed by atoms with E-state index in [4.69, 9.17) is 28.2 Å². The quantitative estimate of drug-likeness (QED) is 0.356. The van der Waals surface area contributed by atoms with Crippen LogP contribution in [0.4, 0.5) is 11.4 Å². The fourth-order valence-corrected chi connectivity index (χ4v) is 3.06. The summed E-state index contributed by atoms with van der Waals surface area (Å²) < 4.78 is 5.75. The highest BCUT2D eigenvalue weighted by Gasteiger charge is 2.07. The van der Waals surface area contributed by atoms with Gasteiger partial charge in [-0.1, -0.05) is 23.7 Å². The highest BCUT2D eigenvalue weighted by atomic mass is 35.5. The predicted molar refractivity (Wildman–Crippen MR) is 128 cm³/mol. The first-order valence-corrected chi connectivity index (χ1v) is 10.1. The monoisotopic (exact) mass is 453 g/mol. The molecule has 0 bridgehead atoms. The molecule has 3 rings (SSSR count). The minimum Gasteiger partial charge on any atom is -0.457 e. The van der Waals surface area contributed by atoms with Gasteiger partial charge in [0.25, 0.3) is 0 Å². The number of halogens is 1. The summed E-state index contributed by atoms with van der Waals surface area (Å²) in [5.41, 5.74) is 3.19. The highest BCUT2D eigenvalue weighted by Crippen LogP contribution is 2.27. The number of rotatable bonds is 5. The van der Waals surface area contributed by atoms with Gasteiger partial charge in [-0.3, -0.25) is 14.9 Å². The molecule has 0 aliphatic heterocycles. The molecule has 3 aromatic rings. The van der Waals surface area contributed by atoms with Crippen LogP contribution >= 0.6 is 23.8 Å². The fourth-order valence-electron chi connectivity index (χ4n) is 2.66. The van der Waals surface area contributed by atoms with Gasteiger partial charge in [-0.05, 0) is 73.2 Å². The second-order valence-corrected chi connectivity index (χ2v) is 7.52. The molecule has 2 aromatic carbocycles. The van der Waals surface area contributed by atoms with Crippen molar-refractivity contribution in [3.05, 3.63) is 77.0 Å². The molecule has 0 aliphatic carbocycles. The summed E-state index contributed by atoms with van der Waals surface area (Å²) >= 11 is 11.3. The first-order valence-electron chi connectivity index (χ1n) is 9.34. The van der Waals surface area contributed by atoms with Gasteiger partial charge in [0.1, 0.15) is 11.5 Å². The van der Waals surface area contributed by atoms with Crippen LogP contribution in [0.1, 0.15) is 18.2 Å². The second kappa shape index (κ2) is 10.1. The predicted octanol–water partition coefficient (Wildman–Crippen LogP) is 5.39. The van der Waals surface area contributed by atoms with Gasteiger partial charge in [-0.15, -0.1) is 0 Å². The average molecular weight is 454 g/mol. The molecule has 0 fully saturated rings. The first-order chi connectivity index (χ1) is 14.8. The molecule has 0 saturated heterocycles. The Morgan fingerprint density at radius 3 is 2.32 bits per heavy atom. The van der Waals surface area contributed by atoms with Gasteiger partial charge in [-0.25, -0.2) is 0 Å². The van der Waals surface area contributed by atoms with Gasteiger partial charge in [0.15, 0.2) is 5.11 Å². The van der Waals surface area contributed by atoms with Crippen LogP contribution in [0.3, 0.4) is 0 Å². The summed E-state index contributed by atoms with van der Waals surface area (Å²) in [6, 6.07) is 16.2. The summed E-state index contributed by atoms with van der Waals surface area (Å²) in [7, 11) is 0. The van der Waals surface area contributed by atoms with E-state index >= 15 is 0 Å². The van der Waals surface area contributed by atoms with Gasteiger partial charge in [0, 0.05) is 35.0 Å². The Bertz CT molecular complexity index is 1150. The van der Waals surface area contributed by atoms with Gasteiger partial charge in [0.05, 0.1) is 0 Å². The topological polar surface area (TPSA) is 83.4 Å². The standard InChI is InChI=1S/C23H20ClN3O3S/c1-14-3-4-16(13-20(14)24)21-11-9-19(30-21)10-12-22(29)27-23(31)26-18-7-5-17(6-8-18)25-15(2)28/h3-13H,1-2H3,(H,25,28)(H2,26,27,29,31)/b12-10+. The molecule has 0 radical (unpaired) electrons. The molecule has 2 amide bonds. The van der Waals surface area contributed by atoms with Crippen LogP contribution in [0.2, 0.25) is 5.02 Å². The Morgan fingerprint density at radius 1 is 1.00 bits per heavy atom. The summed E-state index contributed by atoms with van der Waals surface area (Å²) in [4.78, 5) is 23.2. The van der Waals surface area contributed by atoms with E-state index in [2.05, 4.69) is 16.0 Å². The van der Waals surface area contributed by atoms with Crippen molar-refractivity contribution in [3.8, 4) is 11.3 Å². The number of benzene rings is 2. The number of furan rings is 1. The maximum atomic E-state index is 12.1. The van der Waals surface area contributed by atoms with E-state index in [0.29, 0.717) is 27.9 Å². The molecule has 0 saturated carbocycles. The number of carbonyl (C=O) groups is 2. The van der Waals surface area contributed by atoms with Crippen LogP contribution in [0, 0.1) is 6.92 Å². The lowest BCUT2D eigenvalue weighted by atomic mass is 10.1. The number of hydrogen-bond acceptors (Lipinski definition) is 4. The van der Waals surface area contributed by atoms with Crippen molar-refractivity contribution in [2.24, 2.45) is 0 Å². The van der Waals surface area contributed by atoms with E-state index in [1.165, 1.54) is 13.0 Å². The molecule has 8 heteroatoms. The first kappa shape index (κ1) is 22.3. The van der Waals surface area contributed by atoms with Crippen molar-refractivity contribution in [1.29, 1.82) is 0 Å². The largest absolute Gasteiger partial charge is 0.457 e. The Hall–Kier alpha value is -3.42. The Kier molecular flexibility index (Phi) is 7.23. The van der Waals surface area contributed by atoms with E-state index < -0.39 is 5.91 Å². The zero-order valence-corrected chi connectivity index (χ0v) is 18.4. The zero-order chi connectivity index (χ0) is 22.4. The van der Waals surface area contributed by atoms with E-state index in [1.807, 2.05) is 31.2 Å². The lowest BCUT2D eigenvalue weighted by molar-refractivity contribution is -0.115. The van der Waals surface area contributed by atoms with Crippen LogP contribution in [0.25, 0.3) is 17.4 Å². The fraction of sp³-hybridized carbons (Fsp3) is 0.0870. The molecular formula is C23H20ClN3O3S. The third kappa shape index (κ3) is 6.53. The van der Waals surface area contributed by atoms with Crippen LogP contribution in [-0.4, -0.2) is 16.9 Å². The number of anilines is 2. The van der Waals surface area contributed by atoms with Crippen molar-refractivity contribution in [2.75, 3.05) is 10.6 Å². The van der Waals surface area contributed by atoms with Crippen molar-refractivity contribution in [3.63, 3.8) is 0 Å². The van der Waals surface area contributed by atoms with Crippen molar-refractivity contribution >= 4 is 58.2 Å². The molecule has 31 heavy (non-hydrogen) atoms. The Morgan fingerprint density at radius 2 is 1.68 bits per heavy atom. The zero-order valence-electron chi connectivity index (χ0n) is 16.9. The molecule has 6 nitrogen and oxygen atoms in total. The smallest absolute Gasteiger partial charge is 0.250 e. The summed E-state index contributed by atoms with van der Waals surface area (Å²) in [6.45, 7) is 3.37. The summed E-state index contributed by atoms with van der Waals surface area (Å²) in [5.74, 6) is 0.626. The highest BCUT2D eigenvalue weighted by molar-refractivity contribution is 7.80. The lowest BCUT2D eigenvalue weighted by Crippen LogP contribution is -2.32. The molecule has 0 unspecified atom stereocenters. The van der Waals surface area contributed by atoms with Gasteiger partial charge in [-0.2, -0.15) is 0 Å². The number of thiocarbonyl (C=S) groups is 1. The molecule has 0 spiro atoms. The maximum absolute atomic E-state index is 12.1. The minimum atomic E-state index is -0.399. The Balaban J connectivity index is 1.54. The maximum Gasteiger partial charge on any atom is 0.250 e. The van der Waals surface area contributed by atoms with Crippen LogP contribution in [0.5, 0.6) is 0 Å². The van der Waals surface area contributed by atoms with E-state index in [0.717, 1.165) is 11.1 Å². The molecule has 0 atom stereocenters. The SMILES string of the molecule is CC(=O)Nc1ccc(NC(=S)NC(=O)/C=C/c2ccc(-c3ccc(C)c(Cl)c3)o2)cc1. The molecule has 0 aliphatic rings. The summed E-state index contributed by atoms with van der Waals surface area (Å²) in [5, 5.41) is 8.95. The number of hydrogen-bond donors (Lipinski definition) is 3. The molecule has 1 aromatic heterocycles. The number of nitrogens with one attached hydrogen (secondary N) is 3. The van der Waals surface area contributed by atoms with Crippen LogP contribution in [-0.2, 0) is 9.59 Å². The third-order valence-corrected chi connectivity index (χ3v) is 4.79. The van der Waals surface area contributed by atoms with E-state index in [-0.39, 0.29) is 11.0 Å². The number of carbonyl (C=O) groups excluding carboxylic acids is 2. The molecule has 158 valence electrons. The normalized spacial score (nSPS) is 10.7. The minimum absolute atomic E-state index is 0.149. The molecule has 3 N–H and O–H groups in total. The third-order valence-electron chi connectivity index (χ3n) is 4.18. The summed E-state index contributed by atoms with van der Waals surface area (Å²) in [6.07, 6.45) is 2.89. The lowest BCUT2D eigenvalue weighted by Gasteiger charge is -2.09. The van der Waals surface area contributed by atoms with Gasteiger partial charge in [0.2, 0.25) is 11.8 Å². The van der Waals surface area contributed by atoms with Crippen molar-refractivity contribution in [2.45, 2.75) is 13.8 Å². The second-order valence-electron chi connectivity index (χ2n) is 6.70.